The minimum Gasteiger partial charge on any atom is -0.481 e. The third-order valence-corrected chi connectivity index (χ3v) is 7.12. The van der Waals surface area contributed by atoms with Gasteiger partial charge in [0.2, 0.25) is 10.0 Å². The highest BCUT2D eigenvalue weighted by Gasteiger charge is 2.49. The van der Waals surface area contributed by atoms with Crippen LogP contribution in [0.15, 0.2) is 24.3 Å². The summed E-state index contributed by atoms with van der Waals surface area (Å²) in [5, 5.41) is 9.33. The molecule has 1 aliphatic heterocycles. The normalized spacial score (nSPS) is 21.3. The van der Waals surface area contributed by atoms with E-state index in [1.807, 2.05) is 4.90 Å². The smallest absolute Gasteiger partial charge is 0.310 e. The van der Waals surface area contributed by atoms with Crippen molar-refractivity contribution in [3.63, 3.8) is 0 Å². The summed E-state index contributed by atoms with van der Waals surface area (Å²) in [5.74, 6) is -1.69. The van der Waals surface area contributed by atoms with Gasteiger partial charge in [0.25, 0.3) is 0 Å². The lowest BCUT2D eigenvalue weighted by molar-refractivity contribution is -0.152. The number of rotatable bonds is 5. The molecular formula is C16H21FN2O4S. The lowest BCUT2D eigenvalue weighted by atomic mass is 9.70. The van der Waals surface area contributed by atoms with Gasteiger partial charge in [-0.2, -0.15) is 4.31 Å². The molecule has 0 spiro atoms. The summed E-state index contributed by atoms with van der Waals surface area (Å²) in [4.78, 5) is 13.2. The molecule has 132 valence electrons. The van der Waals surface area contributed by atoms with Crippen LogP contribution in [-0.4, -0.2) is 55.7 Å². The molecule has 0 bridgehead atoms. The summed E-state index contributed by atoms with van der Waals surface area (Å²) in [5.41, 5.74) is -0.655. The highest BCUT2D eigenvalue weighted by atomic mass is 32.2. The van der Waals surface area contributed by atoms with Crippen molar-refractivity contribution in [2.24, 2.45) is 5.41 Å². The van der Waals surface area contributed by atoms with Crippen molar-refractivity contribution in [1.82, 2.24) is 4.31 Å². The topological polar surface area (TPSA) is 77.9 Å². The molecule has 2 aliphatic rings. The molecule has 6 nitrogen and oxygen atoms in total. The molecule has 1 aliphatic carbocycles. The number of carboxylic acid groups (broad SMARTS) is 1. The zero-order valence-corrected chi connectivity index (χ0v) is 14.1. The zero-order valence-electron chi connectivity index (χ0n) is 13.3. The largest absolute Gasteiger partial charge is 0.481 e. The zero-order chi connectivity index (χ0) is 17.4. The number of aliphatic carboxylic acids is 1. The molecule has 1 N–H and O–H groups in total. The summed E-state index contributed by atoms with van der Waals surface area (Å²) in [7, 11) is -3.63. The van der Waals surface area contributed by atoms with Crippen LogP contribution in [0.25, 0.3) is 0 Å². The standard InChI is InChI=1S/C16H21FN2O4S/c17-13-4-1-2-5-14(13)18-8-10-19(11-9-18)24(22,23)12-16(15(20)21)6-3-7-16/h1-2,4-5H,3,6-12H2,(H,20,21). The van der Waals surface area contributed by atoms with Crippen LogP contribution in [-0.2, 0) is 14.8 Å². The van der Waals surface area contributed by atoms with Gasteiger partial charge in [-0.3, -0.25) is 4.79 Å². The van der Waals surface area contributed by atoms with Crippen LogP contribution in [0.1, 0.15) is 19.3 Å². The summed E-state index contributed by atoms with van der Waals surface area (Å²) < 4.78 is 40.3. The van der Waals surface area contributed by atoms with Crippen molar-refractivity contribution < 1.29 is 22.7 Å². The van der Waals surface area contributed by atoms with E-state index < -0.39 is 21.4 Å². The molecule has 0 atom stereocenters. The second-order valence-corrected chi connectivity index (χ2v) is 8.50. The van der Waals surface area contributed by atoms with E-state index in [9.17, 15) is 22.7 Å². The van der Waals surface area contributed by atoms with Gasteiger partial charge in [0.1, 0.15) is 5.82 Å². The maximum atomic E-state index is 13.8. The number of nitrogens with zero attached hydrogens (tertiary/aromatic N) is 2. The maximum absolute atomic E-state index is 13.8. The Hall–Kier alpha value is -1.67. The van der Waals surface area contributed by atoms with Crippen molar-refractivity contribution in [2.45, 2.75) is 19.3 Å². The van der Waals surface area contributed by atoms with Crippen LogP contribution in [0.2, 0.25) is 0 Å². The molecule has 24 heavy (non-hydrogen) atoms. The van der Waals surface area contributed by atoms with Gasteiger partial charge < -0.3 is 10.0 Å². The van der Waals surface area contributed by atoms with E-state index in [0.717, 1.165) is 6.42 Å². The second kappa shape index (κ2) is 6.33. The quantitative estimate of drug-likeness (QED) is 0.866. The van der Waals surface area contributed by atoms with E-state index in [1.54, 1.807) is 18.2 Å². The Morgan fingerprint density at radius 1 is 1.17 bits per heavy atom. The third-order valence-electron chi connectivity index (χ3n) is 5.05. The monoisotopic (exact) mass is 356 g/mol. The lowest BCUT2D eigenvalue weighted by Crippen LogP contribution is -2.53. The van der Waals surface area contributed by atoms with Crippen LogP contribution in [0.3, 0.4) is 0 Å². The minimum atomic E-state index is -3.63. The number of piperazine rings is 1. The number of sulfonamides is 1. The van der Waals surface area contributed by atoms with Gasteiger partial charge in [-0.15, -0.1) is 0 Å². The van der Waals surface area contributed by atoms with Gasteiger partial charge in [-0.05, 0) is 25.0 Å². The molecule has 1 aromatic carbocycles. The highest BCUT2D eigenvalue weighted by molar-refractivity contribution is 7.89. The van der Waals surface area contributed by atoms with Crippen LogP contribution in [0.5, 0.6) is 0 Å². The molecule has 1 heterocycles. The summed E-state index contributed by atoms with van der Waals surface area (Å²) >= 11 is 0. The minimum absolute atomic E-state index is 0.242. The molecule has 0 unspecified atom stereocenters. The Morgan fingerprint density at radius 2 is 1.79 bits per heavy atom. The van der Waals surface area contributed by atoms with E-state index in [4.69, 9.17) is 0 Å². The fourth-order valence-electron chi connectivity index (χ4n) is 3.38. The maximum Gasteiger partial charge on any atom is 0.310 e. The molecule has 0 radical (unpaired) electrons. The average molecular weight is 356 g/mol. The first-order valence-corrected chi connectivity index (χ1v) is 9.66. The van der Waals surface area contributed by atoms with Crippen LogP contribution < -0.4 is 4.90 Å². The van der Waals surface area contributed by atoms with Gasteiger partial charge in [0.05, 0.1) is 16.9 Å². The van der Waals surface area contributed by atoms with E-state index in [0.29, 0.717) is 31.6 Å². The van der Waals surface area contributed by atoms with Gasteiger partial charge in [0, 0.05) is 26.2 Å². The number of hydrogen-bond acceptors (Lipinski definition) is 4. The van der Waals surface area contributed by atoms with E-state index >= 15 is 0 Å². The third kappa shape index (κ3) is 3.12. The number of anilines is 1. The molecule has 0 aromatic heterocycles. The fourth-order valence-corrected chi connectivity index (χ4v) is 5.39. The average Bonchev–Trinajstić information content (AvgIpc) is 2.51. The van der Waals surface area contributed by atoms with Gasteiger partial charge in [-0.1, -0.05) is 18.6 Å². The number of benzene rings is 1. The SMILES string of the molecule is O=C(O)C1(CS(=O)(=O)N2CCN(c3ccccc3F)CC2)CCC1. The second-order valence-electron chi connectivity index (χ2n) is 6.53. The van der Waals surface area contributed by atoms with Crippen LogP contribution >= 0.6 is 0 Å². The molecule has 2 fully saturated rings. The molecule has 1 aromatic rings. The first-order chi connectivity index (χ1) is 11.3. The van der Waals surface area contributed by atoms with Gasteiger partial charge in [-0.25, -0.2) is 12.8 Å². The van der Waals surface area contributed by atoms with Crippen molar-refractivity contribution in [2.75, 3.05) is 36.8 Å². The fraction of sp³-hybridized carbons (Fsp3) is 0.562. The molecule has 1 saturated carbocycles. The number of carboxylic acids is 1. The van der Waals surface area contributed by atoms with Crippen LogP contribution in [0.4, 0.5) is 10.1 Å². The molecular weight excluding hydrogens is 335 g/mol. The Bertz CT molecular complexity index is 725. The number of hydrogen-bond donors (Lipinski definition) is 1. The first kappa shape index (κ1) is 17.2. The van der Waals surface area contributed by atoms with Gasteiger partial charge >= 0.3 is 5.97 Å². The van der Waals surface area contributed by atoms with Gasteiger partial charge in [0.15, 0.2) is 0 Å². The Balaban J connectivity index is 1.66. The lowest BCUT2D eigenvalue weighted by Gasteiger charge is -2.40. The summed E-state index contributed by atoms with van der Waals surface area (Å²) in [6, 6.07) is 6.41. The molecule has 3 rings (SSSR count). The van der Waals surface area contributed by atoms with E-state index in [-0.39, 0.29) is 24.7 Å². The Labute approximate surface area is 140 Å². The van der Waals surface area contributed by atoms with Crippen molar-refractivity contribution >= 4 is 21.7 Å². The predicted molar refractivity (Wildman–Crippen MR) is 87.9 cm³/mol. The van der Waals surface area contributed by atoms with Crippen molar-refractivity contribution in [3.05, 3.63) is 30.1 Å². The van der Waals surface area contributed by atoms with Crippen molar-refractivity contribution in [1.29, 1.82) is 0 Å². The molecule has 1 saturated heterocycles. The molecule has 8 heteroatoms. The number of carbonyl (C=O) groups is 1. The predicted octanol–water partition coefficient (Wildman–Crippen LogP) is 1.53. The summed E-state index contributed by atoms with van der Waals surface area (Å²) in [6.07, 6.45) is 1.58. The number of para-hydroxylation sites is 1. The van der Waals surface area contributed by atoms with Crippen molar-refractivity contribution in [3.8, 4) is 0 Å². The highest BCUT2D eigenvalue weighted by Crippen LogP contribution is 2.42. The van der Waals surface area contributed by atoms with E-state index in [2.05, 4.69) is 0 Å². The first-order valence-electron chi connectivity index (χ1n) is 8.05. The number of halogens is 1. The Morgan fingerprint density at radius 3 is 2.29 bits per heavy atom. The summed E-state index contributed by atoms with van der Waals surface area (Å²) in [6.45, 7) is 1.26. The van der Waals surface area contributed by atoms with Crippen LogP contribution in [0, 0.1) is 11.2 Å². The molecule has 0 amide bonds. The Kier molecular flexibility index (Phi) is 4.52. The van der Waals surface area contributed by atoms with E-state index in [1.165, 1.54) is 10.4 Å².